The van der Waals surface area contributed by atoms with Gasteiger partial charge in [0.2, 0.25) is 0 Å². The van der Waals surface area contributed by atoms with Crippen molar-refractivity contribution < 1.29 is 0 Å². The van der Waals surface area contributed by atoms with E-state index in [2.05, 4.69) is 32.9 Å². The fourth-order valence-corrected chi connectivity index (χ4v) is 4.74. The van der Waals surface area contributed by atoms with Crippen LogP contribution in [-0.4, -0.2) is 54.1 Å². The van der Waals surface area contributed by atoms with E-state index in [4.69, 9.17) is 5.73 Å². The first-order chi connectivity index (χ1) is 11.6. The van der Waals surface area contributed by atoms with Gasteiger partial charge in [0, 0.05) is 36.8 Å². The highest BCUT2D eigenvalue weighted by Crippen LogP contribution is 2.41. The van der Waals surface area contributed by atoms with E-state index >= 15 is 0 Å². The van der Waals surface area contributed by atoms with Crippen LogP contribution in [0.4, 0.5) is 5.82 Å². The standard InChI is InChI=1S/C19H31N5.2ClH/c1-23-8-4-19(5-9-23)3-2-7-24(10-6-19)18-13-17(21-14-22-18)15-11-16(20)12-15;;/h13-16H,2-12,20H2,1H3;2*1H. The molecule has 1 saturated carbocycles. The molecule has 3 aliphatic rings. The van der Waals surface area contributed by atoms with Crippen molar-refractivity contribution in [1.82, 2.24) is 14.9 Å². The molecular weight excluding hydrogens is 369 g/mol. The fraction of sp³-hybridized carbons (Fsp3) is 0.789. The molecule has 0 aromatic carbocycles. The summed E-state index contributed by atoms with van der Waals surface area (Å²) in [6.07, 6.45) is 10.6. The van der Waals surface area contributed by atoms with Crippen LogP contribution < -0.4 is 10.6 Å². The van der Waals surface area contributed by atoms with E-state index in [-0.39, 0.29) is 24.8 Å². The highest BCUT2D eigenvalue weighted by Gasteiger charge is 2.35. The van der Waals surface area contributed by atoms with Crippen molar-refractivity contribution in [2.24, 2.45) is 11.1 Å². The molecule has 5 nitrogen and oxygen atoms in total. The smallest absolute Gasteiger partial charge is 0.132 e. The summed E-state index contributed by atoms with van der Waals surface area (Å²) < 4.78 is 0. The van der Waals surface area contributed by atoms with E-state index in [9.17, 15) is 0 Å². The van der Waals surface area contributed by atoms with Gasteiger partial charge in [0.25, 0.3) is 0 Å². The van der Waals surface area contributed by atoms with E-state index in [0.717, 1.165) is 31.7 Å². The summed E-state index contributed by atoms with van der Waals surface area (Å²) in [7, 11) is 2.25. The molecule has 7 heteroatoms. The maximum Gasteiger partial charge on any atom is 0.132 e. The molecule has 0 unspecified atom stereocenters. The van der Waals surface area contributed by atoms with Gasteiger partial charge in [-0.25, -0.2) is 9.97 Å². The molecule has 1 aromatic heterocycles. The monoisotopic (exact) mass is 401 g/mol. The van der Waals surface area contributed by atoms with E-state index in [0.29, 0.717) is 17.4 Å². The van der Waals surface area contributed by atoms with Crippen LogP contribution in [0, 0.1) is 5.41 Å². The van der Waals surface area contributed by atoms with Crippen LogP contribution in [0.3, 0.4) is 0 Å². The first-order valence-electron chi connectivity index (χ1n) is 9.65. The van der Waals surface area contributed by atoms with Gasteiger partial charge in [0.15, 0.2) is 0 Å². The van der Waals surface area contributed by atoms with Crippen molar-refractivity contribution in [3.63, 3.8) is 0 Å². The van der Waals surface area contributed by atoms with Gasteiger partial charge in [-0.3, -0.25) is 0 Å². The van der Waals surface area contributed by atoms with Gasteiger partial charge in [-0.15, -0.1) is 24.8 Å². The van der Waals surface area contributed by atoms with Crippen LogP contribution in [0.5, 0.6) is 0 Å². The molecule has 0 amide bonds. The molecule has 1 aliphatic carbocycles. The fourth-order valence-electron chi connectivity index (χ4n) is 4.74. The van der Waals surface area contributed by atoms with Crippen molar-refractivity contribution in [2.45, 2.75) is 56.9 Å². The van der Waals surface area contributed by atoms with Crippen molar-refractivity contribution in [3.05, 3.63) is 18.1 Å². The second kappa shape index (κ2) is 9.05. The van der Waals surface area contributed by atoms with Crippen LogP contribution in [0.25, 0.3) is 0 Å². The number of hydrogen-bond acceptors (Lipinski definition) is 5. The Labute approximate surface area is 169 Å². The largest absolute Gasteiger partial charge is 0.356 e. The summed E-state index contributed by atoms with van der Waals surface area (Å²) in [5.41, 5.74) is 7.71. The van der Waals surface area contributed by atoms with Crippen LogP contribution in [0.2, 0.25) is 0 Å². The molecule has 3 fully saturated rings. The number of likely N-dealkylation sites (tertiary alicyclic amines) is 1. The molecule has 0 radical (unpaired) electrons. The Morgan fingerprint density at radius 3 is 2.38 bits per heavy atom. The van der Waals surface area contributed by atoms with E-state index in [1.165, 1.54) is 50.9 Å². The van der Waals surface area contributed by atoms with Gasteiger partial charge in [-0.1, -0.05) is 0 Å². The maximum atomic E-state index is 5.94. The average molecular weight is 402 g/mol. The molecule has 4 rings (SSSR count). The van der Waals surface area contributed by atoms with Gasteiger partial charge in [-0.2, -0.15) is 0 Å². The minimum atomic E-state index is 0. The number of nitrogens with zero attached hydrogens (tertiary/aromatic N) is 4. The Morgan fingerprint density at radius 1 is 1.00 bits per heavy atom. The summed E-state index contributed by atoms with van der Waals surface area (Å²) in [5.74, 6) is 1.68. The van der Waals surface area contributed by atoms with Gasteiger partial charge < -0.3 is 15.5 Å². The number of rotatable bonds is 2. The molecule has 148 valence electrons. The Kier molecular flexibility index (Phi) is 7.54. The van der Waals surface area contributed by atoms with E-state index < -0.39 is 0 Å². The lowest BCUT2D eigenvalue weighted by Crippen LogP contribution is -2.38. The zero-order valence-electron chi connectivity index (χ0n) is 15.8. The van der Waals surface area contributed by atoms with Gasteiger partial charge in [0.1, 0.15) is 12.1 Å². The van der Waals surface area contributed by atoms with Crippen LogP contribution >= 0.6 is 24.8 Å². The molecule has 1 aromatic rings. The number of nitrogens with two attached hydrogens (primary N) is 1. The zero-order valence-corrected chi connectivity index (χ0v) is 17.4. The molecule has 3 heterocycles. The molecule has 0 bridgehead atoms. The van der Waals surface area contributed by atoms with Gasteiger partial charge in [0.05, 0.1) is 0 Å². The Bertz CT molecular complexity index is 571. The Morgan fingerprint density at radius 2 is 1.69 bits per heavy atom. The summed E-state index contributed by atoms with van der Waals surface area (Å²) in [5, 5.41) is 0. The normalized spacial score (nSPS) is 28.5. The molecule has 0 atom stereocenters. The second-order valence-electron chi connectivity index (χ2n) is 8.37. The number of anilines is 1. The SMILES string of the molecule is CN1CCC2(CCCN(c3cc(C4CC(N)C4)ncn3)CC2)CC1.Cl.Cl. The second-order valence-corrected chi connectivity index (χ2v) is 8.37. The van der Waals surface area contributed by atoms with E-state index in [1.807, 2.05) is 0 Å². The molecular formula is C19H33Cl2N5. The minimum Gasteiger partial charge on any atom is -0.356 e. The number of hydrogen-bond donors (Lipinski definition) is 1. The lowest BCUT2D eigenvalue weighted by atomic mass is 9.73. The third-order valence-electron chi connectivity index (χ3n) is 6.69. The molecule has 26 heavy (non-hydrogen) atoms. The summed E-state index contributed by atoms with van der Waals surface area (Å²) in [6, 6.07) is 2.60. The predicted molar refractivity (Wildman–Crippen MR) is 112 cm³/mol. The first kappa shape index (κ1) is 21.7. The minimum absolute atomic E-state index is 0. The lowest BCUT2D eigenvalue weighted by Gasteiger charge is -2.40. The summed E-state index contributed by atoms with van der Waals surface area (Å²) in [6.45, 7) is 4.81. The molecule has 2 N–H and O–H groups in total. The maximum absolute atomic E-state index is 5.94. The third kappa shape index (κ3) is 4.61. The molecule has 2 saturated heterocycles. The third-order valence-corrected chi connectivity index (χ3v) is 6.69. The lowest BCUT2D eigenvalue weighted by molar-refractivity contribution is 0.109. The molecule has 2 aliphatic heterocycles. The van der Waals surface area contributed by atoms with Crippen molar-refractivity contribution in [2.75, 3.05) is 38.1 Å². The first-order valence-corrected chi connectivity index (χ1v) is 9.65. The summed E-state index contributed by atoms with van der Waals surface area (Å²) in [4.78, 5) is 14.1. The van der Waals surface area contributed by atoms with Crippen molar-refractivity contribution >= 4 is 30.6 Å². The number of piperidine rings is 1. The average Bonchev–Trinajstić information content (AvgIpc) is 2.78. The van der Waals surface area contributed by atoms with Crippen LogP contribution in [0.15, 0.2) is 12.4 Å². The number of halogens is 2. The highest BCUT2D eigenvalue weighted by molar-refractivity contribution is 5.85. The van der Waals surface area contributed by atoms with Gasteiger partial charge in [-0.05, 0) is 70.5 Å². The Hall–Kier alpha value is -0.620. The van der Waals surface area contributed by atoms with Crippen molar-refractivity contribution in [1.29, 1.82) is 0 Å². The Balaban J connectivity index is 0.00000121. The van der Waals surface area contributed by atoms with E-state index in [1.54, 1.807) is 6.33 Å². The quantitative estimate of drug-likeness (QED) is 0.823. The van der Waals surface area contributed by atoms with Gasteiger partial charge >= 0.3 is 0 Å². The highest BCUT2D eigenvalue weighted by atomic mass is 35.5. The van der Waals surface area contributed by atoms with Crippen LogP contribution in [0.1, 0.15) is 56.6 Å². The number of aromatic nitrogens is 2. The molecule has 1 spiro atoms. The zero-order chi connectivity index (χ0) is 16.6. The van der Waals surface area contributed by atoms with Crippen molar-refractivity contribution in [3.8, 4) is 0 Å². The summed E-state index contributed by atoms with van der Waals surface area (Å²) >= 11 is 0. The predicted octanol–water partition coefficient (Wildman–Crippen LogP) is 3.23. The van der Waals surface area contributed by atoms with Crippen LogP contribution in [-0.2, 0) is 0 Å². The topological polar surface area (TPSA) is 58.3 Å².